The third-order valence-electron chi connectivity index (χ3n) is 2.31. The highest BCUT2D eigenvalue weighted by Crippen LogP contribution is 2.14. The second kappa shape index (κ2) is 7.91. The average molecular weight is 228 g/mol. The minimum absolute atomic E-state index is 0.156. The number of ether oxygens (including phenoxy) is 1. The first-order chi connectivity index (χ1) is 7.58. The standard InChI is InChI=1S/C12H20O4/c1-4-7-8-16-12(15)10(6-3)9(5-2)11(13)14/h4-8H2,1-3H3,(H,13,14). The predicted octanol–water partition coefficient (Wildman–Crippen LogP) is 2.53. The summed E-state index contributed by atoms with van der Waals surface area (Å²) in [7, 11) is 0. The van der Waals surface area contributed by atoms with Gasteiger partial charge < -0.3 is 9.84 Å². The highest BCUT2D eigenvalue weighted by atomic mass is 16.5. The third-order valence-corrected chi connectivity index (χ3v) is 2.31. The number of hydrogen-bond donors (Lipinski definition) is 1. The average Bonchev–Trinajstić information content (AvgIpc) is 2.25. The van der Waals surface area contributed by atoms with Crippen LogP contribution in [0.25, 0.3) is 0 Å². The quantitative estimate of drug-likeness (QED) is 0.413. The Morgan fingerprint density at radius 2 is 1.62 bits per heavy atom. The maximum Gasteiger partial charge on any atom is 0.334 e. The molecular formula is C12H20O4. The number of unbranched alkanes of at least 4 members (excludes halogenated alkanes) is 1. The fraction of sp³-hybridized carbons (Fsp3) is 0.667. The summed E-state index contributed by atoms with van der Waals surface area (Å²) in [6.07, 6.45) is 2.47. The van der Waals surface area contributed by atoms with Crippen molar-refractivity contribution in [2.45, 2.75) is 46.5 Å². The maximum absolute atomic E-state index is 11.6. The molecule has 0 aliphatic heterocycles. The van der Waals surface area contributed by atoms with Crippen LogP contribution in [-0.2, 0) is 14.3 Å². The van der Waals surface area contributed by atoms with E-state index in [1.807, 2.05) is 6.92 Å². The first kappa shape index (κ1) is 14.7. The van der Waals surface area contributed by atoms with E-state index in [1.165, 1.54) is 0 Å². The van der Waals surface area contributed by atoms with Crippen molar-refractivity contribution in [3.05, 3.63) is 11.1 Å². The molecule has 0 saturated heterocycles. The maximum atomic E-state index is 11.6. The summed E-state index contributed by atoms with van der Waals surface area (Å²) in [6, 6.07) is 0. The molecule has 0 aliphatic rings. The van der Waals surface area contributed by atoms with Crippen molar-refractivity contribution in [3.63, 3.8) is 0 Å². The highest BCUT2D eigenvalue weighted by Gasteiger charge is 2.18. The van der Waals surface area contributed by atoms with Gasteiger partial charge in [0.05, 0.1) is 6.61 Å². The van der Waals surface area contributed by atoms with Crippen LogP contribution in [0.1, 0.15) is 46.5 Å². The van der Waals surface area contributed by atoms with Crippen LogP contribution in [0.2, 0.25) is 0 Å². The van der Waals surface area contributed by atoms with Gasteiger partial charge in [-0.1, -0.05) is 27.2 Å². The van der Waals surface area contributed by atoms with Crippen molar-refractivity contribution < 1.29 is 19.4 Å². The zero-order valence-corrected chi connectivity index (χ0v) is 10.2. The molecule has 0 spiro atoms. The molecule has 0 aromatic rings. The largest absolute Gasteiger partial charge is 0.478 e. The van der Waals surface area contributed by atoms with Crippen molar-refractivity contribution in [2.24, 2.45) is 0 Å². The molecule has 92 valence electrons. The molecule has 0 aromatic carbocycles. The van der Waals surface area contributed by atoms with Gasteiger partial charge in [0, 0.05) is 11.1 Å². The molecule has 16 heavy (non-hydrogen) atoms. The van der Waals surface area contributed by atoms with Gasteiger partial charge in [0.15, 0.2) is 0 Å². The first-order valence-electron chi connectivity index (χ1n) is 5.70. The molecule has 0 amide bonds. The molecule has 1 N–H and O–H groups in total. The second-order valence-corrected chi connectivity index (χ2v) is 3.46. The normalized spacial score (nSPS) is 11.9. The highest BCUT2D eigenvalue weighted by molar-refractivity contribution is 5.99. The minimum Gasteiger partial charge on any atom is -0.478 e. The monoisotopic (exact) mass is 228 g/mol. The van der Waals surface area contributed by atoms with Crippen LogP contribution in [0.5, 0.6) is 0 Å². The van der Waals surface area contributed by atoms with Gasteiger partial charge in [-0.2, -0.15) is 0 Å². The Morgan fingerprint density at radius 3 is 2.00 bits per heavy atom. The van der Waals surface area contributed by atoms with Crippen LogP contribution in [0, 0.1) is 0 Å². The van der Waals surface area contributed by atoms with Crippen molar-refractivity contribution in [3.8, 4) is 0 Å². The lowest BCUT2D eigenvalue weighted by molar-refractivity contribution is -0.140. The number of rotatable bonds is 7. The third kappa shape index (κ3) is 4.47. The molecule has 0 atom stereocenters. The van der Waals surface area contributed by atoms with Crippen molar-refractivity contribution in [1.82, 2.24) is 0 Å². The molecule has 0 aliphatic carbocycles. The number of carboxylic acids is 1. The Hall–Kier alpha value is -1.32. The first-order valence-corrected chi connectivity index (χ1v) is 5.70. The van der Waals surface area contributed by atoms with E-state index in [9.17, 15) is 9.59 Å². The lowest BCUT2D eigenvalue weighted by atomic mass is 10.0. The zero-order valence-electron chi connectivity index (χ0n) is 10.2. The predicted molar refractivity (Wildman–Crippen MR) is 61.1 cm³/mol. The summed E-state index contributed by atoms with van der Waals surface area (Å²) in [5.74, 6) is -1.53. The van der Waals surface area contributed by atoms with Gasteiger partial charge in [-0.15, -0.1) is 0 Å². The van der Waals surface area contributed by atoms with Crippen LogP contribution >= 0.6 is 0 Å². The summed E-state index contributed by atoms with van der Waals surface area (Å²) in [5, 5.41) is 8.93. The number of hydrogen-bond acceptors (Lipinski definition) is 3. The second-order valence-electron chi connectivity index (χ2n) is 3.46. The van der Waals surface area contributed by atoms with Crippen molar-refractivity contribution in [1.29, 1.82) is 0 Å². The molecule has 4 nitrogen and oxygen atoms in total. The molecule has 0 fully saturated rings. The SMILES string of the molecule is CCCCOC(=O)C(CC)=C(CC)C(=O)O. The Kier molecular flexibility index (Phi) is 7.25. The van der Waals surface area contributed by atoms with E-state index >= 15 is 0 Å². The fourth-order valence-corrected chi connectivity index (χ4v) is 1.37. The van der Waals surface area contributed by atoms with Crippen molar-refractivity contribution in [2.75, 3.05) is 6.61 Å². The van der Waals surface area contributed by atoms with Crippen LogP contribution in [0.3, 0.4) is 0 Å². The molecule has 0 bridgehead atoms. The lowest BCUT2D eigenvalue weighted by Gasteiger charge is -2.09. The summed E-state index contributed by atoms with van der Waals surface area (Å²) in [5.41, 5.74) is 0.440. The summed E-state index contributed by atoms with van der Waals surface area (Å²) < 4.78 is 5.01. The smallest absolute Gasteiger partial charge is 0.334 e. The van der Waals surface area contributed by atoms with E-state index in [1.54, 1.807) is 13.8 Å². The number of carbonyl (C=O) groups excluding carboxylic acids is 1. The van der Waals surface area contributed by atoms with Gasteiger partial charge in [0.2, 0.25) is 0 Å². The van der Waals surface area contributed by atoms with E-state index in [2.05, 4.69) is 0 Å². The molecule has 0 unspecified atom stereocenters. The number of esters is 1. The topological polar surface area (TPSA) is 63.6 Å². The van der Waals surface area contributed by atoms with Crippen molar-refractivity contribution >= 4 is 11.9 Å². The molecule has 0 radical (unpaired) electrons. The number of carboxylic acid groups (broad SMARTS) is 1. The fourth-order valence-electron chi connectivity index (χ4n) is 1.37. The van der Waals surface area contributed by atoms with Gasteiger partial charge >= 0.3 is 11.9 Å². The van der Waals surface area contributed by atoms with Gasteiger partial charge in [0.25, 0.3) is 0 Å². The zero-order chi connectivity index (χ0) is 12.6. The Morgan fingerprint density at radius 1 is 1.06 bits per heavy atom. The molecular weight excluding hydrogens is 208 g/mol. The Balaban J connectivity index is 4.69. The molecule has 0 rings (SSSR count). The number of aliphatic carboxylic acids is 1. The van der Waals surface area contributed by atoms with E-state index in [4.69, 9.17) is 9.84 Å². The van der Waals surface area contributed by atoms with Crippen LogP contribution in [0.15, 0.2) is 11.1 Å². The van der Waals surface area contributed by atoms with E-state index in [0.717, 1.165) is 12.8 Å². The summed E-state index contributed by atoms with van der Waals surface area (Å²) >= 11 is 0. The Labute approximate surface area is 96.3 Å². The van der Waals surface area contributed by atoms with Gasteiger partial charge in [0.1, 0.15) is 0 Å². The van der Waals surface area contributed by atoms with Crippen LogP contribution < -0.4 is 0 Å². The summed E-state index contributed by atoms with van der Waals surface area (Å²) in [4.78, 5) is 22.5. The van der Waals surface area contributed by atoms with E-state index in [0.29, 0.717) is 19.4 Å². The van der Waals surface area contributed by atoms with Gasteiger partial charge in [-0.25, -0.2) is 9.59 Å². The molecule has 0 saturated carbocycles. The van der Waals surface area contributed by atoms with Crippen LogP contribution in [-0.4, -0.2) is 23.7 Å². The van der Waals surface area contributed by atoms with E-state index in [-0.39, 0.29) is 11.1 Å². The summed E-state index contributed by atoms with van der Waals surface area (Å²) in [6.45, 7) is 5.84. The molecule has 0 heterocycles. The van der Waals surface area contributed by atoms with E-state index < -0.39 is 11.9 Å². The lowest BCUT2D eigenvalue weighted by Crippen LogP contribution is -2.14. The number of carbonyl (C=O) groups is 2. The molecule has 0 aromatic heterocycles. The van der Waals surface area contributed by atoms with Crippen LogP contribution in [0.4, 0.5) is 0 Å². The molecule has 4 heteroatoms. The Bertz CT molecular complexity index is 279. The van der Waals surface area contributed by atoms with Gasteiger partial charge in [-0.05, 0) is 19.3 Å². The van der Waals surface area contributed by atoms with Gasteiger partial charge in [-0.3, -0.25) is 0 Å². The minimum atomic E-state index is -1.04.